The number of rotatable bonds is 3. The molecule has 0 atom stereocenters. The zero-order chi connectivity index (χ0) is 15.5. The molecule has 0 unspecified atom stereocenters. The Labute approximate surface area is 134 Å². The number of carbonyl (C=O) groups is 1. The monoisotopic (exact) mass is 329 g/mol. The first kappa shape index (κ1) is 14.3. The number of fused-ring (bicyclic) bond motifs is 1. The molecule has 0 saturated heterocycles. The Morgan fingerprint density at radius 1 is 1.50 bits per heavy atom. The first-order chi connectivity index (χ1) is 10.7. The lowest BCUT2D eigenvalue weighted by Gasteiger charge is -2.00. The predicted molar refractivity (Wildman–Crippen MR) is 83.9 cm³/mol. The topological polar surface area (TPSA) is 67.4 Å². The van der Waals surface area contributed by atoms with Gasteiger partial charge in [0.25, 0.3) is 0 Å². The SMILES string of the molecule is N#Cc1cccc(OC(=O)/C=C\c2c(Cl)nc3sccn23)c1. The average Bonchev–Trinajstić information content (AvgIpc) is 3.06. The third-order valence-electron chi connectivity index (χ3n) is 2.81. The number of ether oxygens (including phenoxy) is 1. The number of imidazole rings is 1. The second-order valence-corrected chi connectivity index (χ2v) is 5.47. The predicted octanol–water partition coefficient (Wildman–Crippen LogP) is 3.54. The number of hydrogen-bond acceptors (Lipinski definition) is 5. The highest BCUT2D eigenvalue weighted by Crippen LogP contribution is 2.22. The molecule has 0 spiro atoms. The van der Waals surface area contributed by atoms with E-state index in [4.69, 9.17) is 21.6 Å². The van der Waals surface area contributed by atoms with E-state index in [1.807, 2.05) is 17.6 Å². The van der Waals surface area contributed by atoms with Crippen LogP contribution in [-0.2, 0) is 4.79 Å². The van der Waals surface area contributed by atoms with Crippen LogP contribution < -0.4 is 4.74 Å². The lowest BCUT2D eigenvalue weighted by molar-refractivity contribution is -0.128. The van der Waals surface area contributed by atoms with Gasteiger partial charge in [0, 0.05) is 17.7 Å². The van der Waals surface area contributed by atoms with Gasteiger partial charge in [-0.05, 0) is 24.3 Å². The summed E-state index contributed by atoms with van der Waals surface area (Å²) in [4.78, 5) is 16.7. The Balaban J connectivity index is 1.77. The minimum Gasteiger partial charge on any atom is -0.423 e. The molecule has 0 saturated carbocycles. The summed E-state index contributed by atoms with van der Waals surface area (Å²) >= 11 is 7.48. The van der Waals surface area contributed by atoms with Gasteiger partial charge in [-0.3, -0.25) is 4.40 Å². The van der Waals surface area contributed by atoms with E-state index in [0.29, 0.717) is 22.2 Å². The second kappa shape index (κ2) is 6.02. The second-order valence-electron chi connectivity index (χ2n) is 4.24. The fourth-order valence-electron chi connectivity index (χ4n) is 1.85. The van der Waals surface area contributed by atoms with Crippen LogP contribution in [0.5, 0.6) is 5.75 Å². The molecule has 0 aliphatic rings. The van der Waals surface area contributed by atoms with Crippen molar-refractivity contribution in [2.75, 3.05) is 0 Å². The number of halogens is 1. The lowest BCUT2D eigenvalue weighted by atomic mass is 10.2. The van der Waals surface area contributed by atoms with Crippen molar-refractivity contribution in [1.82, 2.24) is 9.38 Å². The molecule has 22 heavy (non-hydrogen) atoms. The van der Waals surface area contributed by atoms with Crippen LogP contribution in [0.3, 0.4) is 0 Å². The first-order valence-corrected chi connectivity index (χ1v) is 7.44. The fraction of sp³-hybridized carbons (Fsp3) is 0. The number of nitriles is 1. The highest BCUT2D eigenvalue weighted by molar-refractivity contribution is 7.15. The van der Waals surface area contributed by atoms with E-state index >= 15 is 0 Å². The van der Waals surface area contributed by atoms with Crippen LogP contribution in [0.15, 0.2) is 41.9 Å². The summed E-state index contributed by atoms with van der Waals surface area (Å²) in [5.41, 5.74) is 1.04. The highest BCUT2D eigenvalue weighted by Gasteiger charge is 2.09. The Kier molecular flexibility index (Phi) is 3.92. The van der Waals surface area contributed by atoms with Crippen LogP contribution in [0, 0.1) is 11.3 Å². The smallest absolute Gasteiger partial charge is 0.336 e. The first-order valence-electron chi connectivity index (χ1n) is 6.18. The van der Waals surface area contributed by atoms with Crippen molar-refractivity contribution in [3.63, 3.8) is 0 Å². The summed E-state index contributed by atoms with van der Waals surface area (Å²) in [5.74, 6) is -0.245. The normalized spacial score (nSPS) is 10.9. The van der Waals surface area contributed by atoms with Gasteiger partial charge >= 0.3 is 5.97 Å². The minimum atomic E-state index is -0.559. The molecular formula is C15H8ClN3O2S. The molecule has 108 valence electrons. The zero-order valence-electron chi connectivity index (χ0n) is 11.1. The van der Waals surface area contributed by atoms with Gasteiger partial charge in [-0.2, -0.15) is 5.26 Å². The maximum Gasteiger partial charge on any atom is 0.336 e. The van der Waals surface area contributed by atoms with E-state index in [-0.39, 0.29) is 0 Å². The number of benzene rings is 1. The summed E-state index contributed by atoms with van der Waals surface area (Å²) in [6, 6.07) is 8.36. The van der Waals surface area contributed by atoms with Gasteiger partial charge in [-0.15, -0.1) is 11.3 Å². The molecule has 2 heterocycles. The van der Waals surface area contributed by atoms with Crippen LogP contribution in [0.1, 0.15) is 11.3 Å². The maximum atomic E-state index is 11.8. The number of carbonyl (C=O) groups excluding carboxylic acids is 1. The number of hydrogen-bond donors (Lipinski definition) is 0. The van der Waals surface area contributed by atoms with Crippen LogP contribution in [0.25, 0.3) is 11.0 Å². The van der Waals surface area contributed by atoms with Gasteiger partial charge in [0.2, 0.25) is 0 Å². The van der Waals surface area contributed by atoms with Crippen LogP contribution in [0.4, 0.5) is 0 Å². The van der Waals surface area contributed by atoms with Gasteiger partial charge in [-0.25, -0.2) is 9.78 Å². The standard InChI is InChI=1S/C15H8ClN3O2S/c16-14-12(19-6-7-22-15(19)18-14)4-5-13(20)21-11-3-1-2-10(8-11)9-17/h1-8H/b5-4-. The molecule has 0 radical (unpaired) electrons. The minimum absolute atomic E-state index is 0.314. The lowest BCUT2D eigenvalue weighted by Crippen LogP contribution is -2.03. The number of thiazole rings is 1. The summed E-state index contributed by atoms with van der Waals surface area (Å²) in [7, 11) is 0. The van der Waals surface area contributed by atoms with E-state index in [1.54, 1.807) is 28.7 Å². The molecule has 0 fully saturated rings. The quantitative estimate of drug-likeness (QED) is 0.419. The summed E-state index contributed by atoms with van der Waals surface area (Å²) in [6.07, 6.45) is 4.64. The fourth-order valence-corrected chi connectivity index (χ4v) is 2.86. The molecule has 7 heteroatoms. The summed E-state index contributed by atoms with van der Waals surface area (Å²) < 4.78 is 6.93. The van der Waals surface area contributed by atoms with E-state index in [2.05, 4.69) is 4.98 Å². The van der Waals surface area contributed by atoms with Crippen molar-refractivity contribution in [2.24, 2.45) is 0 Å². The molecule has 1 aromatic carbocycles. The van der Waals surface area contributed by atoms with Gasteiger partial charge in [0.1, 0.15) is 5.75 Å². The van der Waals surface area contributed by atoms with E-state index in [0.717, 1.165) is 4.96 Å². The van der Waals surface area contributed by atoms with E-state index in [1.165, 1.54) is 23.5 Å². The molecule has 0 bridgehead atoms. The van der Waals surface area contributed by atoms with Gasteiger partial charge in [0.05, 0.1) is 17.3 Å². The third-order valence-corrected chi connectivity index (χ3v) is 3.85. The Hall–Kier alpha value is -2.62. The number of aromatic nitrogens is 2. The Bertz CT molecular complexity index is 920. The molecule has 2 aromatic heterocycles. The van der Waals surface area contributed by atoms with Crippen LogP contribution in [-0.4, -0.2) is 15.4 Å². The molecule has 0 aliphatic carbocycles. The van der Waals surface area contributed by atoms with Gasteiger partial charge in [-0.1, -0.05) is 17.7 Å². The maximum absolute atomic E-state index is 11.8. The average molecular weight is 330 g/mol. The highest BCUT2D eigenvalue weighted by atomic mass is 35.5. The molecule has 3 rings (SSSR count). The summed E-state index contributed by atoms with van der Waals surface area (Å²) in [6.45, 7) is 0. The Morgan fingerprint density at radius 2 is 2.36 bits per heavy atom. The van der Waals surface area contributed by atoms with E-state index in [9.17, 15) is 4.79 Å². The Morgan fingerprint density at radius 3 is 3.18 bits per heavy atom. The molecule has 0 amide bonds. The van der Waals surface area contributed by atoms with Crippen molar-refractivity contribution < 1.29 is 9.53 Å². The number of nitrogens with zero attached hydrogens (tertiary/aromatic N) is 3. The molecular weight excluding hydrogens is 322 g/mol. The van der Waals surface area contributed by atoms with Crippen LogP contribution >= 0.6 is 22.9 Å². The summed E-state index contributed by atoms with van der Waals surface area (Å²) in [5, 5.41) is 11.0. The van der Waals surface area contributed by atoms with Gasteiger partial charge in [0.15, 0.2) is 10.1 Å². The van der Waals surface area contributed by atoms with Crippen molar-refractivity contribution >= 4 is 39.9 Å². The van der Waals surface area contributed by atoms with Crippen molar-refractivity contribution in [3.05, 3.63) is 58.3 Å². The molecule has 0 N–H and O–H groups in total. The molecule has 3 aromatic rings. The van der Waals surface area contributed by atoms with Crippen molar-refractivity contribution in [2.45, 2.75) is 0 Å². The largest absolute Gasteiger partial charge is 0.423 e. The van der Waals surface area contributed by atoms with Crippen LogP contribution in [0.2, 0.25) is 5.15 Å². The van der Waals surface area contributed by atoms with Crippen molar-refractivity contribution in [1.29, 1.82) is 5.26 Å². The molecule has 5 nitrogen and oxygen atoms in total. The van der Waals surface area contributed by atoms with E-state index < -0.39 is 5.97 Å². The zero-order valence-corrected chi connectivity index (χ0v) is 12.6. The van der Waals surface area contributed by atoms with Crippen molar-refractivity contribution in [3.8, 4) is 11.8 Å². The van der Waals surface area contributed by atoms with Gasteiger partial charge < -0.3 is 4.74 Å². The third kappa shape index (κ3) is 2.86. The number of esters is 1. The molecule has 0 aliphatic heterocycles.